The minimum absolute atomic E-state index is 0.0452. The highest BCUT2D eigenvalue weighted by Crippen LogP contribution is 2.31. The third-order valence-electron chi connectivity index (χ3n) is 3.52. The molecule has 3 N–H and O–H groups in total. The Hall–Kier alpha value is -2.20. The Bertz CT molecular complexity index is 599. The van der Waals surface area contributed by atoms with Gasteiger partial charge in [0.15, 0.2) is 0 Å². The van der Waals surface area contributed by atoms with Crippen molar-refractivity contribution in [3.63, 3.8) is 0 Å². The second-order valence-corrected chi connectivity index (χ2v) is 4.86. The summed E-state index contributed by atoms with van der Waals surface area (Å²) >= 11 is 0. The van der Waals surface area contributed by atoms with Gasteiger partial charge in [0.05, 0.1) is 20.3 Å². The van der Waals surface area contributed by atoms with E-state index in [0.29, 0.717) is 6.54 Å². The highest BCUT2D eigenvalue weighted by atomic mass is 16.5. The lowest BCUT2D eigenvalue weighted by Crippen LogP contribution is -2.21. The fraction of sp³-hybridized carbons (Fsp3) is 0.294. The fourth-order valence-corrected chi connectivity index (χ4v) is 2.30. The smallest absolute Gasteiger partial charge is 0.124 e. The van der Waals surface area contributed by atoms with E-state index in [1.807, 2.05) is 36.4 Å². The van der Waals surface area contributed by atoms with Crippen LogP contribution in [0.1, 0.15) is 17.2 Å². The van der Waals surface area contributed by atoms with E-state index >= 15 is 0 Å². The van der Waals surface area contributed by atoms with Gasteiger partial charge in [-0.1, -0.05) is 18.2 Å². The molecule has 0 aliphatic rings. The Morgan fingerprint density at radius 1 is 1.10 bits per heavy atom. The van der Waals surface area contributed by atoms with Crippen molar-refractivity contribution in [2.75, 3.05) is 26.1 Å². The Balaban J connectivity index is 2.34. The SMILES string of the molecule is COc1ccc(OC)c(C(CN)Nc2ccccc2C)c1. The van der Waals surface area contributed by atoms with Crippen molar-refractivity contribution in [2.24, 2.45) is 5.73 Å². The van der Waals surface area contributed by atoms with Gasteiger partial charge >= 0.3 is 0 Å². The number of rotatable bonds is 6. The van der Waals surface area contributed by atoms with Gasteiger partial charge in [-0.25, -0.2) is 0 Å². The summed E-state index contributed by atoms with van der Waals surface area (Å²) in [7, 11) is 3.31. The summed E-state index contributed by atoms with van der Waals surface area (Å²) < 4.78 is 10.7. The van der Waals surface area contributed by atoms with Gasteiger partial charge in [-0.05, 0) is 36.8 Å². The number of para-hydroxylation sites is 1. The first-order chi connectivity index (χ1) is 10.2. The van der Waals surface area contributed by atoms with E-state index < -0.39 is 0 Å². The molecule has 112 valence electrons. The number of aryl methyl sites for hydroxylation is 1. The number of nitrogens with one attached hydrogen (secondary N) is 1. The molecule has 0 saturated carbocycles. The number of anilines is 1. The Labute approximate surface area is 125 Å². The van der Waals surface area contributed by atoms with Crippen LogP contribution in [0.4, 0.5) is 5.69 Å². The second-order valence-electron chi connectivity index (χ2n) is 4.86. The second kappa shape index (κ2) is 6.99. The van der Waals surface area contributed by atoms with Crippen molar-refractivity contribution >= 4 is 5.69 Å². The monoisotopic (exact) mass is 286 g/mol. The number of hydrogen-bond acceptors (Lipinski definition) is 4. The maximum atomic E-state index is 5.96. The molecular formula is C17H22N2O2. The zero-order chi connectivity index (χ0) is 15.2. The lowest BCUT2D eigenvalue weighted by Gasteiger charge is -2.22. The van der Waals surface area contributed by atoms with Crippen LogP contribution < -0.4 is 20.5 Å². The average molecular weight is 286 g/mol. The van der Waals surface area contributed by atoms with E-state index in [4.69, 9.17) is 15.2 Å². The lowest BCUT2D eigenvalue weighted by atomic mass is 10.0. The molecule has 2 aromatic rings. The molecule has 0 fully saturated rings. The van der Waals surface area contributed by atoms with Gasteiger partial charge in [-0.15, -0.1) is 0 Å². The van der Waals surface area contributed by atoms with Gasteiger partial charge in [0.1, 0.15) is 11.5 Å². The molecule has 0 bridgehead atoms. The minimum Gasteiger partial charge on any atom is -0.497 e. The number of ether oxygens (including phenoxy) is 2. The highest BCUT2D eigenvalue weighted by molar-refractivity contribution is 5.54. The van der Waals surface area contributed by atoms with Gasteiger partial charge in [-0.2, -0.15) is 0 Å². The van der Waals surface area contributed by atoms with E-state index in [0.717, 1.165) is 22.7 Å². The first kappa shape index (κ1) is 15.2. The molecule has 0 saturated heterocycles. The van der Waals surface area contributed by atoms with Crippen LogP contribution in [0, 0.1) is 6.92 Å². The van der Waals surface area contributed by atoms with Gasteiger partial charge in [-0.3, -0.25) is 0 Å². The quantitative estimate of drug-likeness (QED) is 0.856. The zero-order valence-electron chi connectivity index (χ0n) is 12.7. The Morgan fingerprint density at radius 3 is 2.48 bits per heavy atom. The van der Waals surface area contributed by atoms with Crippen LogP contribution in [-0.2, 0) is 0 Å². The molecule has 2 aromatic carbocycles. The summed E-state index contributed by atoms with van der Waals surface area (Å²) in [6.45, 7) is 2.52. The molecule has 0 radical (unpaired) electrons. The maximum Gasteiger partial charge on any atom is 0.124 e. The molecule has 21 heavy (non-hydrogen) atoms. The summed E-state index contributed by atoms with van der Waals surface area (Å²) in [5.74, 6) is 1.59. The summed E-state index contributed by atoms with van der Waals surface area (Å²) in [6.07, 6.45) is 0. The van der Waals surface area contributed by atoms with Crippen molar-refractivity contribution in [1.29, 1.82) is 0 Å². The molecule has 0 amide bonds. The first-order valence-corrected chi connectivity index (χ1v) is 6.93. The van der Waals surface area contributed by atoms with Crippen LogP contribution >= 0.6 is 0 Å². The largest absolute Gasteiger partial charge is 0.497 e. The topological polar surface area (TPSA) is 56.5 Å². The Morgan fingerprint density at radius 2 is 1.86 bits per heavy atom. The fourth-order valence-electron chi connectivity index (χ4n) is 2.30. The molecule has 0 spiro atoms. The van der Waals surface area contributed by atoms with Crippen molar-refractivity contribution in [2.45, 2.75) is 13.0 Å². The van der Waals surface area contributed by atoms with Crippen molar-refractivity contribution in [3.8, 4) is 11.5 Å². The van der Waals surface area contributed by atoms with E-state index in [2.05, 4.69) is 18.3 Å². The third kappa shape index (κ3) is 3.47. The van der Waals surface area contributed by atoms with E-state index in [1.54, 1.807) is 14.2 Å². The summed E-state index contributed by atoms with van der Waals surface area (Å²) in [6, 6.07) is 13.8. The Kier molecular flexibility index (Phi) is 5.06. The van der Waals surface area contributed by atoms with E-state index in [9.17, 15) is 0 Å². The van der Waals surface area contributed by atoms with Crippen LogP contribution in [0.2, 0.25) is 0 Å². The number of nitrogens with two attached hydrogens (primary N) is 1. The molecule has 4 nitrogen and oxygen atoms in total. The summed E-state index contributed by atoms with van der Waals surface area (Å²) in [5, 5.41) is 3.48. The molecule has 2 rings (SSSR count). The van der Waals surface area contributed by atoms with Crippen LogP contribution in [-0.4, -0.2) is 20.8 Å². The lowest BCUT2D eigenvalue weighted by molar-refractivity contribution is 0.396. The number of benzene rings is 2. The third-order valence-corrected chi connectivity index (χ3v) is 3.52. The molecule has 0 aromatic heterocycles. The average Bonchev–Trinajstić information content (AvgIpc) is 2.53. The van der Waals surface area contributed by atoms with Crippen LogP contribution in [0.25, 0.3) is 0 Å². The molecule has 1 atom stereocenters. The summed E-state index contributed by atoms with van der Waals surface area (Å²) in [5.41, 5.74) is 9.19. The predicted molar refractivity (Wildman–Crippen MR) is 86.1 cm³/mol. The number of hydrogen-bond donors (Lipinski definition) is 2. The van der Waals surface area contributed by atoms with E-state index in [1.165, 1.54) is 5.56 Å². The minimum atomic E-state index is -0.0452. The highest BCUT2D eigenvalue weighted by Gasteiger charge is 2.16. The van der Waals surface area contributed by atoms with Crippen molar-refractivity contribution < 1.29 is 9.47 Å². The number of methoxy groups -OCH3 is 2. The molecule has 1 unspecified atom stereocenters. The van der Waals surface area contributed by atoms with Gasteiger partial charge in [0.25, 0.3) is 0 Å². The normalized spacial score (nSPS) is 11.8. The first-order valence-electron chi connectivity index (χ1n) is 6.93. The van der Waals surface area contributed by atoms with Crippen molar-refractivity contribution in [3.05, 3.63) is 53.6 Å². The molecule has 0 heterocycles. The van der Waals surface area contributed by atoms with E-state index in [-0.39, 0.29) is 6.04 Å². The molecule has 0 aliphatic heterocycles. The van der Waals surface area contributed by atoms with Gasteiger partial charge < -0.3 is 20.5 Å². The van der Waals surface area contributed by atoms with Crippen LogP contribution in [0.15, 0.2) is 42.5 Å². The van der Waals surface area contributed by atoms with Crippen LogP contribution in [0.5, 0.6) is 11.5 Å². The molecule has 0 aliphatic carbocycles. The van der Waals surface area contributed by atoms with Crippen molar-refractivity contribution in [1.82, 2.24) is 0 Å². The standard InChI is InChI=1S/C17H22N2O2/c1-12-6-4-5-7-15(12)19-16(11-18)14-10-13(20-2)8-9-17(14)21-3/h4-10,16,19H,11,18H2,1-3H3. The van der Waals surface area contributed by atoms with Crippen LogP contribution in [0.3, 0.4) is 0 Å². The molecule has 4 heteroatoms. The van der Waals surface area contributed by atoms with Gasteiger partial charge in [0.2, 0.25) is 0 Å². The predicted octanol–water partition coefficient (Wildman–Crippen LogP) is 3.12. The van der Waals surface area contributed by atoms with Gasteiger partial charge in [0, 0.05) is 17.8 Å². The maximum absolute atomic E-state index is 5.96. The zero-order valence-corrected chi connectivity index (χ0v) is 12.7. The summed E-state index contributed by atoms with van der Waals surface area (Å²) in [4.78, 5) is 0. The molecular weight excluding hydrogens is 264 g/mol.